The summed E-state index contributed by atoms with van der Waals surface area (Å²) in [4.78, 5) is 9.85. The molecule has 0 aliphatic rings. The standard InChI is InChI=1S/C43H24F6N4/c44-42(45,46)31-18-20-32(35(23-31)43(47,48)49)28-17-19-34-33-13-7-8-14-38(33)53(40(34)21-28)39-22-29(15-16-30(39)25-50)41-51-36(26-9-3-1-4-10-26)24-37(52-41)27-11-5-2-6-12-27/h1-24H. The van der Waals surface area contributed by atoms with Crippen LogP contribution in [0, 0.1) is 11.3 Å². The van der Waals surface area contributed by atoms with Gasteiger partial charge < -0.3 is 4.57 Å². The number of nitrogens with zero attached hydrogens (tertiary/aromatic N) is 4. The molecule has 0 fully saturated rings. The number of fused-ring (bicyclic) bond motifs is 3. The molecule has 0 saturated heterocycles. The molecule has 0 N–H and O–H groups in total. The summed E-state index contributed by atoms with van der Waals surface area (Å²) in [6.07, 6.45) is -10.0. The highest BCUT2D eigenvalue weighted by Gasteiger charge is 2.38. The fourth-order valence-corrected chi connectivity index (χ4v) is 6.64. The molecule has 4 nitrogen and oxygen atoms in total. The van der Waals surface area contributed by atoms with Crippen molar-refractivity contribution in [1.29, 1.82) is 5.26 Å². The van der Waals surface area contributed by atoms with Gasteiger partial charge in [-0.25, -0.2) is 9.97 Å². The van der Waals surface area contributed by atoms with Crippen LogP contribution in [0.4, 0.5) is 26.3 Å². The van der Waals surface area contributed by atoms with Gasteiger partial charge in [-0.1, -0.05) is 97.1 Å². The molecule has 0 aliphatic heterocycles. The third-order valence-electron chi connectivity index (χ3n) is 9.12. The van der Waals surface area contributed by atoms with E-state index >= 15 is 0 Å². The van der Waals surface area contributed by atoms with Gasteiger partial charge in [0, 0.05) is 27.5 Å². The van der Waals surface area contributed by atoms with Gasteiger partial charge in [-0.05, 0) is 59.7 Å². The predicted octanol–water partition coefficient (Wildman–Crippen LogP) is 12.2. The van der Waals surface area contributed by atoms with Crippen molar-refractivity contribution >= 4 is 21.8 Å². The maximum atomic E-state index is 14.3. The molecule has 0 atom stereocenters. The minimum atomic E-state index is -5.06. The van der Waals surface area contributed by atoms with Crippen molar-refractivity contribution in [1.82, 2.24) is 14.5 Å². The lowest BCUT2D eigenvalue weighted by Crippen LogP contribution is -2.12. The number of benzene rings is 6. The summed E-state index contributed by atoms with van der Waals surface area (Å²) in [5, 5.41) is 11.8. The second-order valence-corrected chi connectivity index (χ2v) is 12.4. The number of aromatic nitrogens is 3. The molecule has 0 bridgehead atoms. The lowest BCUT2D eigenvalue weighted by molar-refractivity contribution is -0.142. The van der Waals surface area contributed by atoms with Crippen LogP contribution in [-0.4, -0.2) is 14.5 Å². The van der Waals surface area contributed by atoms with Crippen molar-refractivity contribution in [3.8, 4) is 56.8 Å². The van der Waals surface area contributed by atoms with Crippen LogP contribution in [0.3, 0.4) is 0 Å². The van der Waals surface area contributed by atoms with Crippen LogP contribution in [0.1, 0.15) is 16.7 Å². The molecule has 0 saturated carbocycles. The highest BCUT2D eigenvalue weighted by Crippen LogP contribution is 2.43. The van der Waals surface area contributed by atoms with Crippen LogP contribution in [0.25, 0.3) is 72.5 Å². The molecule has 0 spiro atoms. The van der Waals surface area contributed by atoms with Crippen LogP contribution in [0.2, 0.25) is 0 Å². The van der Waals surface area contributed by atoms with Crippen LogP contribution in [0.15, 0.2) is 146 Å². The fourth-order valence-electron chi connectivity index (χ4n) is 6.64. The first-order chi connectivity index (χ1) is 25.5. The lowest BCUT2D eigenvalue weighted by atomic mass is 9.96. The summed E-state index contributed by atoms with van der Waals surface area (Å²) >= 11 is 0. The summed E-state index contributed by atoms with van der Waals surface area (Å²) in [6.45, 7) is 0. The Balaban J connectivity index is 1.36. The van der Waals surface area contributed by atoms with E-state index in [1.165, 1.54) is 12.1 Å². The highest BCUT2D eigenvalue weighted by atomic mass is 19.4. The number of para-hydroxylation sites is 1. The molecule has 2 heterocycles. The van der Waals surface area contributed by atoms with E-state index in [2.05, 4.69) is 6.07 Å². The highest BCUT2D eigenvalue weighted by molar-refractivity contribution is 6.10. The molecule has 53 heavy (non-hydrogen) atoms. The van der Waals surface area contributed by atoms with Gasteiger partial charge >= 0.3 is 12.4 Å². The number of hydrogen-bond donors (Lipinski definition) is 0. The first kappa shape index (κ1) is 33.4. The maximum Gasteiger partial charge on any atom is 0.417 e. The number of hydrogen-bond acceptors (Lipinski definition) is 3. The molecule has 0 amide bonds. The first-order valence-electron chi connectivity index (χ1n) is 16.4. The number of halogens is 6. The van der Waals surface area contributed by atoms with Crippen molar-refractivity contribution in [3.63, 3.8) is 0 Å². The average Bonchev–Trinajstić information content (AvgIpc) is 3.50. The molecule has 10 heteroatoms. The van der Waals surface area contributed by atoms with Gasteiger partial charge in [0.1, 0.15) is 6.07 Å². The predicted molar refractivity (Wildman–Crippen MR) is 193 cm³/mol. The van der Waals surface area contributed by atoms with E-state index in [1.54, 1.807) is 28.8 Å². The Bertz CT molecular complexity index is 2650. The quantitative estimate of drug-likeness (QED) is 0.167. The second kappa shape index (κ2) is 12.8. The molecule has 0 aliphatic carbocycles. The van der Waals surface area contributed by atoms with Crippen LogP contribution < -0.4 is 0 Å². The summed E-state index contributed by atoms with van der Waals surface area (Å²) in [5.74, 6) is 0.386. The van der Waals surface area contributed by atoms with Crippen molar-refractivity contribution in [2.45, 2.75) is 12.4 Å². The Morgan fingerprint density at radius 3 is 1.74 bits per heavy atom. The molecule has 8 rings (SSSR count). The zero-order chi connectivity index (χ0) is 36.9. The molecule has 6 aromatic carbocycles. The summed E-state index contributed by atoms with van der Waals surface area (Å²) < 4.78 is 85.1. The number of nitriles is 1. The van der Waals surface area contributed by atoms with Gasteiger partial charge in [0.2, 0.25) is 0 Å². The third-order valence-corrected chi connectivity index (χ3v) is 9.12. The van der Waals surface area contributed by atoms with Crippen LogP contribution in [0.5, 0.6) is 0 Å². The molecule has 0 radical (unpaired) electrons. The van der Waals surface area contributed by atoms with E-state index in [0.29, 0.717) is 50.9 Å². The van der Waals surface area contributed by atoms with E-state index in [-0.39, 0.29) is 17.2 Å². The summed E-state index contributed by atoms with van der Waals surface area (Å²) in [6, 6.07) is 42.2. The van der Waals surface area contributed by atoms with Crippen molar-refractivity contribution < 1.29 is 26.3 Å². The zero-order valence-electron chi connectivity index (χ0n) is 27.4. The van der Waals surface area contributed by atoms with E-state index in [0.717, 1.165) is 22.6 Å². The zero-order valence-corrected chi connectivity index (χ0v) is 27.4. The summed E-state index contributed by atoms with van der Waals surface area (Å²) in [5.41, 5.74) is 2.36. The average molecular weight is 711 g/mol. The van der Waals surface area contributed by atoms with Crippen LogP contribution in [-0.2, 0) is 12.4 Å². The smallest absolute Gasteiger partial charge is 0.308 e. The van der Waals surface area contributed by atoms with Gasteiger partial charge in [-0.15, -0.1) is 0 Å². The van der Waals surface area contributed by atoms with E-state index in [4.69, 9.17) is 9.97 Å². The molecular weight excluding hydrogens is 686 g/mol. The van der Waals surface area contributed by atoms with Gasteiger partial charge in [0.25, 0.3) is 0 Å². The number of alkyl halides is 6. The Labute approximate surface area is 298 Å². The van der Waals surface area contributed by atoms with E-state index in [1.807, 2.05) is 91.0 Å². The largest absolute Gasteiger partial charge is 0.417 e. The Morgan fingerprint density at radius 2 is 1.11 bits per heavy atom. The monoisotopic (exact) mass is 710 g/mol. The van der Waals surface area contributed by atoms with E-state index < -0.39 is 29.0 Å². The minimum absolute atomic E-state index is 0.0590. The Hall–Kier alpha value is -6.73. The van der Waals surface area contributed by atoms with Gasteiger partial charge in [-0.2, -0.15) is 31.6 Å². The van der Waals surface area contributed by atoms with Crippen molar-refractivity contribution in [2.75, 3.05) is 0 Å². The SMILES string of the molecule is N#Cc1ccc(-c2nc(-c3ccccc3)cc(-c3ccccc3)n2)cc1-n1c2ccccc2c2ccc(-c3ccc(C(F)(F)F)cc3C(F)(F)F)cc21. The molecule has 258 valence electrons. The Morgan fingerprint density at radius 1 is 0.509 bits per heavy atom. The maximum absolute atomic E-state index is 14.3. The molecule has 0 unspecified atom stereocenters. The molecule has 8 aromatic rings. The molecular formula is C43H24F6N4. The normalized spacial score (nSPS) is 11.9. The third kappa shape index (κ3) is 6.16. The first-order valence-corrected chi connectivity index (χ1v) is 16.4. The van der Waals surface area contributed by atoms with Gasteiger partial charge in [-0.3, -0.25) is 0 Å². The van der Waals surface area contributed by atoms with Crippen molar-refractivity contribution in [3.05, 3.63) is 162 Å². The Kier molecular flexibility index (Phi) is 8.07. The minimum Gasteiger partial charge on any atom is -0.308 e. The fraction of sp³-hybridized carbons (Fsp3) is 0.0465. The van der Waals surface area contributed by atoms with Gasteiger partial charge in [0.05, 0.1) is 44.8 Å². The van der Waals surface area contributed by atoms with Crippen molar-refractivity contribution in [2.24, 2.45) is 0 Å². The topological polar surface area (TPSA) is 54.5 Å². The second-order valence-electron chi connectivity index (χ2n) is 12.4. The van der Waals surface area contributed by atoms with Crippen LogP contribution >= 0.6 is 0 Å². The molecule has 2 aromatic heterocycles. The van der Waals surface area contributed by atoms with E-state index in [9.17, 15) is 31.6 Å². The number of rotatable bonds is 5. The lowest BCUT2D eigenvalue weighted by Gasteiger charge is -2.17. The van der Waals surface area contributed by atoms with Gasteiger partial charge in [0.15, 0.2) is 5.82 Å². The summed E-state index contributed by atoms with van der Waals surface area (Å²) in [7, 11) is 0.